The zero-order valence-corrected chi connectivity index (χ0v) is 15.9. The van der Waals surface area contributed by atoms with E-state index < -0.39 is 0 Å². The molecule has 3 rings (SSSR count). The third-order valence-electron chi connectivity index (χ3n) is 5.01. The van der Waals surface area contributed by atoms with Crippen molar-refractivity contribution in [3.05, 3.63) is 65.2 Å². The molecule has 5 heteroatoms. The summed E-state index contributed by atoms with van der Waals surface area (Å²) in [4.78, 5) is 26.6. The number of likely N-dealkylation sites (tertiary alicyclic amines) is 1. The maximum Gasteiger partial charge on any atom is 0.258 e. The number of nitrogens with zero attached hydrogens (tertiary/aromatic N) is 1. The van der Waals surface area contributed by atoms with Crippen LogP contribution in [-0.4, -0.2) is 42.5 Å². The van der Waals surface area contributed by atoms with Crippen LogP contribution in [0.5, 0.6) is 5.75 Å². The van der Waals surface area contributed by atoms with Crippen LogP contribution in [0.2, 0.25) is 0 Å². The molecule has 5 nitrogen and oxygen atoms in total. The first-order valence-electron chi connectivity index (χ1n) is 9.36. The molecule has 0 atom stereocenters. The van der Waals surface area contributed by atoms with Crippen molar-refractivity contribution in [2.24, 2.45) is 0 Å². The van der Waals surface area contributed by atoms with Gasteiger partial charge in [0.05, 0.1) is 0 Å². The smallest absolute Gasteiger partial charge is 0.258 e. The summed E-state index contributed by atoms with van der Waals surface area (Å²) in [6.45, 7) is 5.36. The molecule has 1 saturated heterocycles. The average molecular weight is 366 g/mol. The summed E-state index contributed by atoms with van der Waals surface area (Å²) >= 11 is 0. The molecule has 0 saturated carbocycles. The quantitative estimate of drug-likeness (QED) is 0.885. The third-order valence-corrected chi connectivity index (χ3v) is 5.01. The Balaban J connectivity index is 1.45. The molecule has 0 spiro atoms. The van der Waals surface area contributed by atoms with Crippen LogP contribution in [-0.2, 0) is 4.79 Å². The van der Waals surface area contributed by atoms with Gasteiger partial charge in [-0.05, 0) is 62.1 Å². The number of nitrogens with one attached hydrogen (secondary N) is 1. The molecule has 2 aromatic rings. The lowest BCUT2D eigenvalue weighted by atomic mass is 10.0. The molecule has 1 fully saturated rings. The van der Waals surface area contributed by atoms with Gasteiger partial charge in [0.2, 0.25) is 0 Å². The summed E-state index contributed by atoms with van der Waals surface area (Å²) in [6.07, 6.45) is 1.52. The van der Waals surface area contributed by atoms with Crippen molar-refractivity contribution in [1.82, 2.24) is 10.2 Å². The van der Waals surface area contributed by atoms with Gasteiger partial charge in [0.1, 0.15) is 5.75 Å². The Morgan fingerprint density at radius 3 is 2.41 bits per heavy atom. The van der Waals surface area contributed by atoms with Gasteiger partial charge in [0.15, 0.2) is 6.61 Å². The summed E-state index contributed by atoms with van der Waals surface area (Å²) in [5.74, 6) is 0.620. The maximum atomic E-state index is 12.7. The minimum absolute atomic E-state index is 0.00576. The highest BCUT2D eigenvalue weighted by atomic mass is 16.5. The molecule has 0 aromatic heterocycles. The number of rotatable bonds is 5. The molecule has 1 aliphatic heterocycles. The molecule has 1 heterocycles. The first-order valence-corrected chi connectivity index (χ1v) is 9.36. The lowest BCUT2D eigenvalue weighted by Gasteiger charge is -2.32. The number of piperidine rings is 1. The number of amides is 2. The second kappa shape index (κ2) is 8.71. The Morgan fingerprint density at radius 1 is 1.04 bits per heavy atom. The summed E-state index contributed by atoms with van der Waals surface area (Å²) in [7, 11) is 0. The lowest BCUT2D eigenvalue weighted by molar-refractivity contribution is -0.124. The van der Waals surface area contributed by atoms with Gasteiger partial charge in [-0.15, -0.1) is 0 Å². The molecule has 27 heavy (non-hydrogen) atoms. The van der Waals surface area contributed by atoms with E-state index in [0.717, 1.165) is 24.0 Å². The summed E-state index contributed by atoms with van der Waals surface area (Å²) in [6, 6.07) is 15.2. The lowest BCUT2D eigenvalue weighted by Crippen LogP contribution is -2.47. The highest BCUT2D eigenvalue weighted by molar-refractivity contribution is 5.94. The van der Waals surface area contributed by atoms with Crippen LogP contribution in [0.3, 0.4) is 0 Å². The standard InChI is InChI=1S/C22H26N2O3/c1-16-8-9-18(14-17(16)2)22(26)24-12-10-19(11-13-24)23-21(25)15-27-20-6-4-3-5-7-20/h3-9,14,19H,10-13,15H2,1-2H3,(H,23,25). The molecule has 0 aliphatic carbocycles. The molecule has 1 aliphatic rings. The number of carbonyl (C=O) groups excluding carboxylic acids is 2. The second-order valence-corrected chi connectivity index (χ2v) is 7.03. The van der Waals surface area contributed by atoms with Crippen molar-refractivity contribution in [2.45, 2.75) is 32.7 Å². The minimum Gasteiger partial charge on any atom is -0.484 e. The SMILES string of the molecule is Cc1ccc(C(=O)N2CCC(NC(=O)COc3ccccc3)CC2)cc1C. The van der Waals surface area contributed by atoms with Crippen LogP contribution in [0.25, 0.3) is 0 Å². The Labute approximate surface area is 160 Å². The van der Waals surface area contributed by atoms with Crippen LogP contribution >= 0.6 is 0 Å². The molecular weight excluding hydrogens is 340 g/mol. The third kappa shape index (κ3) is 5.09. The Bertz CT molecular complexity index is 796. The maximum absolute atomic E-state index is 12.7. The first kappa shape index (κ1) is 19.0. The molecule has 2 amide bonds. The molecule has 0 radical (unpaired) electrons. The fraction of sp³-hybridized carbons (Fsp3) is 0.364. The normalized spacial score (nSPS) is 14.7. The molecule has 1 N–H and O–H groups in total. The number of ether oxygens (including phenoxy) is 1. The minimum atomic E-state index is -0.127. The van der Waals surface area contributed by atoms with Crippen molar-refractivity contribution < 1.29 is 14.3 Å². The van der Waals surface area contributed by atoms with E-state index in [1.54, 1.807) is 0 Å². The number of aryl methyl sites for hydroxylation is 2. The fourth-order valence-corrected chi connectivity index (χ4v) is 3.22. The molecule has 0 bridgehead atoms. The van der Waals surface area contributed by atoms with Gasteiger partial charge in [-0.1, -0.05) is 24.3 Å². The van der Waals surface area contributed by atoms with Crippen molar-refractivity contribution in [3.63, 3.8) is 0 Å². The zero-order chi connectivity index (χ0) is 19.2. The van der Waals surface area contributed by atoms with Crippen molar-refractivity contribution in [3.8, 4) is 5.75 Å². The Hall–Kier alpha value is -2.82. The molecule has 142 valence electrons. The topological polar surface area (TPSA) is 58.6 Å². The molecular formula is C22H26N2O3. The summed E-state index contributed by atoms with van der Waals surface area (Å²) in [5.41, 5.74) is 3.05. The monoisotopic (exact) mass is 366 g/mol. The summed E-state index contributed by atoms with van der Waals surface area (Å²) in [5, 5.41) is 3.00. The first-order chi connectivity index (χ1) is 13.0. The van der Waals surface area contributed by atoms with Crippen molar-refractivity contribution in [2.75, 3.05) is 19.7 Å². The van der Waals surface area contributed by atoms with E-state index in [9.17, 15) is 9.59 Å². The Kier molecular flexibility index (Phi) is 6.12. The van der Waals surface area contributed by atoms with E-state index in [-0.39, 0.29) is 24.5 Å². The number of hydrogen-bond donors (Lipinski definition) is 1. The predicted molar refractivity (Wildman–Crippen MR) is 105 cm³/mol. The zero-order valence-electron chi connectivity index (χ0n) is 15.9. The predicted octanol–water partition coefficient (Wildman–Crippen LogP) is 3.10. The van der Waals surface area contributed by atoms with E-state index in [2.05, 4.69) is 5.32 Å². The molecule has 2 aromatic carbocycles. The van der Waals surface area contributed by atoms with E-state index in [1.165, 1.54) is 5.56 Å². The average Bonchev–Trinajstić information content (AvgIpc) is 2.69. The van der Waals surface area contributed by atoms with Crippen molar-refractivity contribution in [1.29, 1.82) is 0 Å². The summed E-state index contributed by atoms with van der Waals surface area (Å²) < 4.78 is 5.47. The highest BCUT2D eigenvalue weighted by Crippen LogP contribution is 2.16. The van der Waals surface area contributed by atoms with E-state index in [0.29, 0.717) is 18.8 Å². The van der Waals surface area contributed by atoms with E-state index in [1.807, 2.05) is 67.3 Å². The van der Waals surface area contributed by atoms with Gasteiger partial charge in [0.25, 0.3) is 11.8 Å². The van der Waals surface area contributed by atoms with Crippen LogP contribution in [0.4, 0.5) is 0 Å². The van der Waals surface area contributed by atoms with Crippen LogP contribution in [0.1, 0.15) is 34.3 Å². The van der Waals surface area contributed by atoms with Gasteiger partial charge < -0.3 is 15.0 Å². The van der Waals surface area contributed by atoms with Gasteiger partial charge in [0, 0.05) is 24.7 Å². The number of para-hydroxylation sites is 1. The van der Waals surface area contributed by atoms with Crippen LogP contribution < -0.4 is 10.1 Å². The Morgan fingerprint density at radius 2 is 1.74 bits per heavy atom. The fourth-order valence-electron chi connectivity index (χ4n) is 3.22. The number of benzene rings is 2. The van der Waals surface area contributed by atoms with Gasteiger partial charge >= 0.3 is 0 Å². The van der Waals surface area contributed by atoms with E-state index >= 15 is 0 Å². The van der Waals surface area contributed by atoms with Crippen LogP contribution in [0, 0.1) is 13.8 Å². The highest BCUT2D eigenvalue weighted by Gasteiger charge is 2.24. The van der Waals surface area contributed by atoms with Crippen LogP contribution in [0.15, 0.2) is 48.5 Å². The van der Waals surface area contributed by atoms with Gasteiger partial charge in [-0.2, -0.15) is 0 Å². The number of hydrogen-bond acceptors (Lipinski definition) is 3. The largest absolute Gasteiger partial charge is 0.484 e. The van der Waals surface area contributed by atoms with Crippen molar-refractivity contribution >= 4 is 11.8 Å². The molecule has 0 unspecified atom stereocenters. The second-order valence-electron chi connectivity index (χ2n) is 7.03. The van der Waals surface area contributed by atoms with Gasteiger partial charge in [-0.3, -0.25) is 9.59 Å². The number of carbonyl (C=O) groups is 2. The van der Waals surface area contributed by atoms with Gasteiger partial charge in [-0.25, -0.2) is 0 Å². The van der Waals surface area contributed by atoms with E-state index in [4.69, 9.17) is 4.74 Å².